The molecule has 12 aliphatic heterocycles. The molecule has 0 atom stereocenters. The third-order valence-electron chi connectivity index (χ3n) is 23.3. The molecule has 148 heavy (non-hydrogen) atoms. The van der Waals surface area contributed by atoms with Crippen LogP contribution in [0.25, 0.3) is 0 Å². The van der Waals surface area contributed by atoms with Crippen LogP contribution in [-0.2, 0) is 19.4 Å². The lowest BCUT2D eigenvalue weighted by Crippen LogP contribution is -2.25. The molecule has 0 saturated carbocycles. The zero-order valence-electron chi connectivity index (χ0n) is 77.9. The minimum Gasteiger partial charge on any atom is -0.457 e. The number of ether oxygens (including phenoxy) is 28. The quantitative estimate of drug-likeness (QED) is 0.0458. The van der Waals surface area contributed by atoms with E-state index in [1.807, 2.05) is 84.9 Å². The molecule has 0 bridgehead atoms. The topological polar surface area (TPSA) is 405 Å². The van der Waals surface area contributed by atoms with E-state index in [9.17, 15) is 24.0 Å². The Morgan fingerprint density at radius 2 is 0.527 bits per heavy atom. The summed E-state index contributed by atoms with van der Waals surface area (Å²) in [5.41, 5.74) is 6.76. The lowest BCUT2D eigenvalue weighted by atomic mass is 10.0. The third kappa shape index (κ3) is 22.2. The molecule has 15 aromatic rings. The average Bonchev–Trinajstić information content (AvgIpc) is 1.59. The zero-order chi connectivity index (χ0) is 100. The molecule has 1 aromatic heterocycles. The SMILES string of the molecule is O=C(Cc1ccc(Oc2ccc3c(c2)OCO3)cc1)c1ccc2c(c1)OCO2.O=C(NCCc1ccc2c(c1)OCO2)c1ccc2c(c1)OCO2.O=C(NCc1ccc2c(c1)OCO2)c1ccc2c(c1)OCO2.O=C(Nc1ccc2c(c1)OCO2)c1ccc2c(c1)OCO2.O=C(Nc1ccccc1Oc1ccc2c(c1)OCO2)c1ccc2c(c1)OCO2.c1cc(Oc2ccc3c(c2)OCO3)nc(Oc2ccc3c(c2)OCO3)c1. The van der Waals surface area contributed by atoms with Gasteiger partial charge in [0, 0.05) is 95.5 Å². The van der Waals surface area contributed by atoms with Crippen LogP contribution in [0.15, 0.2) is 285 Å². The van der Waals surface area contributed by atoms with E-state index in [4.69, 9.17) is 133 Å². The molecular formula is C110H83N5O33. The number of carbonyl (C=O) groups excluding carboxylic acids is 5. The molecule has 0 radical (unpaired) electrons. The number of pyridine rings is 1. The summed E-state index contributed by atoms with van der Waals surface area (Å²) in [6.07, 6.45) is 1.01. The van der Waals surface area contributed by atoms with Gasteiger partial charge >= 0.3 is 0 Å². The summed E-state index contributed by atoms with van der Waals surface area (Å²) in [7, 11) is 0. The van der Waals surface area contributed by atoms with Crippen molar-refractivity contribution in [3.8, 4) is 184 Å². The number of para-hydroxylation sites is 2. The van der Waals surface area contributed by atoms with Crippen molar-refractivity contribution < 1.29 is 157 Å². The molecule has 0 spiro atoms. The van der Waals surface area contributed by atoms with Crippen molar-refractivity contribution in [2.24, 2.45) is 0 Å². The first-order chi connectivity index (χ1) is 72.7. The summed E-state index contributed by atoms with van der Waals surface area (Å²) >= 11 is 0. The van der Waals surface area contributed by atoms with Gasteiger partial charge in [-0.15, -0.1) is 0 Å². The Labute approximate surface area is 840 Å². The Hall–Kier alpha value is -19.8. The second-order valence-corrected chi connectivity index (χ2v) is 32.9. The monoisotopic (exact) mass is 2000 g/mol. The lowest BCUT2D eigenvalue weighted by Gasteiger charge is -2.13. The summed E-state index contributed by atoms with van der Waals surface area (Å²) in [5.74, 6) is 19.5. The first-order valence-corrected chi connectivity index (χ1v) is 46.0. The summed E-state index contributed by atoms with van der Waals surface area (Å²) in [6, 6.07) is 83.7. The highest BCUT2D eigenvalue weighted by molar-refractivity contribution is 6.06. The number of nitrogens with one attached hydrogen (secondary N) is 4. The Morgan fingerprint density at radius 1 is 0.230 bits per heavy atom. The van der Waals surface area contributed by atoms with Crippen molar-refractivity contribution in [3.05, 3.63) is 330 Å². The molecule has 0 fully saturated rings. The summed E-state index contributed by atoms with van der Waals surface area (Å²) in [4.78, 5) is 66.2. The number of carbonyl (C=O) groups is 5. The van der Waals surface area contributed by atoms with Gasteiger partial charge in [0.1, 0.15) is 28.7 Å². The van der Waals surface area contributed by atoms with Crippen LogP contribution in [0.1, 0.15) is 68.5 Å². The molecule has 12 aliphatic rings. The molecule has 4 amide bonds. The predicted molar refractivity (Wildman–Crippen MR) is 519 cm³/mol. The lowest BCUT2D eigenvalue weighted by molar-refractivity contribution is 0.0944. The maximum atomic E-state index is 12.7. The number of hydrogen-bond acceptors (Lipinski definition) is 34. The number of hydrogen-bond donors (Lipinski definition) is 4. The van der Waals surface area contributed by atoms with Gasteiger partial charge in [-0.3, -0.25) is 24.0 Å². The number of benzene rings is 14. The maximum Gasteiger partial charge on any atom is 0.255 e. The van der Waals surface area contributed by atoms with Crippen molar-refractivity contribution in [3.63, 3.8) is 0 Å². The van der Waals surface area contributed by atoms with E-state index in [0.717, 1.165) is 33.9 Å². The van der Waals surface area contributed by atoms with E-state index in [2.05, 4.69) is 26.3 Å². The first-order valence-electron chi connectivity index (χ1n) is 46.0. The molecule has 27 rings (SSSR count). The van der Waals surface area contributed by atoms with Gasteiger partial charge in [0.25, 0.3) is 23.6 Å². The number of Topliss-reactive ketones (excluding diaryl/α,β-unsaturated/α-hetero) is 1. The van der Waals surface area contributed by atoms with Crippen molar-refractivity contribution in [2.45, 2.75) is 19.4 Å². The number of anilines is 2. The fraction of sp³-hybridized carbons (Fsp3) is 0.145. The van der Waals surface area contributed by atoms with Gasteiger partial charge < -0.3 is 154 Å². The Morgan fingerprint density at radius 3 is 0.953 bits per heavy atom. The third-order valence-corrected chi connectivity index (χ3v) is 23.3. The smallest absolute Gasteiger partial charge is 0.255 e. The number of nitrogens with zero attached hydrogens (tertiary/aromatic N) is 1. The normalized spacial score (nSPS) is 13.7. The van der Waals surface area contributed by atoms with Crippen molar-refractivity contribution in [1.82, 2.24) is 15.6 Å². The zero-order valence-corrected chi connectivity index (χ0v) is 77.9. The molecule has 38 nitrogen and oxygen atoms in total. The highest BCUT2D eigenvalue weighted by atomic mass is 16.7. The minimum atomic E-state index is -0.278. The van der Waals surface area contributed by atoms with Crippen LogP contribution >= 0.6 is 0 Å². The van der Waals surface area contributed by atoms with E-state index in [-0.39, 0.29) is 111 Å². The second kappa shape index (κ2) is 42.9. The van der Waals surface area contributed by atoms with E-state index in [1.54, 1.807) is 200 Å². The van der Waals surface area contributed by atoms with Crippen LogP contribution in [-0.4, -0.2) is 122 Å². The van der Waals surface area contributed by atoms with E-state index < -0.39 is 0 Å². The maximum absolute atomic E-state index is 12.7. The summed E-state index contributed by atoms with van der Waals surface area (Å²) < 4.78 is 150. The van der Waals surface area contributed by atoms with Crippen molar-refractivity contribution >= 4 is 40.8 Å². The predicted octanol–water partition coefficient (Wildman–Crippen LogP) is 19.3. The molecule has 38 heteroatoms. The van der Waals surface area contributed by atoms with Gasteiger partial charge in [-0.1, -0.05) is 42.5 Å². The molecule has 746 valence electrons. The van der Waals surface area contributed by atoms with Crippen LogP contribution in [0.4, 0.5) is 11.4 Å². The number of ketones is 1. The van der Waals surface area contributed by atoms with Gasteiger partial charge in [0.15, 0.2) is 150 Å². The van der Waals surface area contributed by atoms with E-state index >= 15 is 0 Å². The van der Waals surface area contributed by atoms with Gasteiger partial charge in [-0.2, -0.15) is 4.98 Å². The minimum absolute atomic E-state index is 0.0164. The van der Waals surface area contributed by atoms with Gasteiger partial charge in [-0.25, -0.2) is 0 Å². The molecule has 0 saturated heterocycles. The van der Waals surface area contributed by atoms with E-state index in [0.29, 0.717) is 232 Å². The molecule has 0 aliphatic carbocycles. The number of fused-ring (bicyclic) bond motifs is 12. The number of rotatable bonds is 22. The largest absolute Gasteiger partial charge is 0.457 e. The Kier molecular flexibility index (Phi) is 27.0. The average molecular weight is 2000 g/mol. The standard InChI is InChI=1S/C22H16O6.C21H15NO6.C19H13NO6.C17H15NO5.C16H13NO5.C15H11NO5/c23-18(15-3-7-19-21(10-15)26-12-24-19)9-14-1-4-16(5-2-14)28-17-6-8-20-22(11-17)27-13-25-20;23-21(13-5-7-17-19(9-13)26-11-24-17)22-15-3-1-2-4-16(15)28-14-6-8-18-20(10-14)27-12-25-18;1-2-18(25-12-4-6-14-16(8-12)23-10-21-14)20-19(3-1)26-13-5-7-15-17(9-13)24-11-22-15;19-17(12-2-4-14-16(8-12)23-10-21-14)18-6-5-11-1-3-13-15(7-11)22-9-20-13;18-16(11-2-4-13-15(6-11)22-9-20-13)17-7-10-1-3-12-14(5-10)21-8-19-12;17-15(9-1-3-11-13(5-9)20-7-18-11)16-10-2-4-12-14(6-10)21-8-19-12/h1-8,10-11H,9,12-13H2;1-10H,11-12H2,(H,22,23);1-9H,10-11H2;1-4,7-8H,5-6,9-10H2,(H,18,19);1-6H,7-9H2,(H,17,18);1-6H,7-8H2,(H,16,17). The van der Waals surface area contributed by atoms with Crippen LogP contribution in [0, 0.1) is 0 Å². The molecule has 4 N–H and O–H groups in total. The number of amides is 4. The van der Waals surface area contributed by atoms with Crippen LogP contribution < -0.4 is 154 Å². The first kappa shape index (κ1) is 93.2. The highest BCUT2D eigenvalue weighted by Crippen LogP contribution is 2.46. The van der Waals surface area contributed by atoms with Gasteiger partial charge in [0.05, 0.1) is 5.69 Å². The molecule has 13 heterocycles. The molecule has 0 unspecified atom stereocenters. The van der Waals surface area contributed by atoms with Crippen LogP contribution in [0.3, 0.4) is 0 Å². The summed E-state index contributed by atoms with van der Waals surface area (Å²) in [6.45, 7) is 3.43. The van der Waals surface area contributed by atoms with E-state index in [1.165, 1.54) is 0 Å². The Balaban J connectivity index is 0.000000101. The van der Waals surface area contributed by atoms with Crippen molar-refractivity contribution in [1.29, 1.82) is 0 Å². The van der Waals surface area contributed by atoms with Crippen LogP contribution in [0.5, 0.6) is 184 Å². The fourth-order valence-electron chi connectivity index (χ4n) is 15.8. The van der Waals surface area contributed by atoms with Gasteiger partial charge in [-0.05, 0) is 223 Å². The van der Waals surface area contributed by atoms with Crippen molar-refractivity contribution in [2.75, 3.05) is 98.7 Å². The molecule has 14 aromatic carbocycles. The van der Waals surface area contributed by atoms with Gasteiger partial charge in [0.2, 0.25) is 93.3 Å². The summed E-state index contributed by atoms with van der Waals surface area (Å²) in [5, 5.41) is 11.4. The van der Waals surface area contributed by atoms with Crippen LogP contribution in [0.2, 0.25) is 0 Å². The number of aromatic nitrogens is 1. The highest BCUT2D eigenvalue weighted by Gasteiger charge is 2.28. The second-order valence-electron chi connectivity index (χ2n) is 32.9. The fourth-order valence-corrected chi connectivity index (χ4v) is 15.8. The Bertz CT molecular complexity index is 7500. The molecular weight excluding hydrogens is 1920 g/mol.